The van der Waals surface area contributed by atoms with Crippen LogP contribution in [0.25, 0.3) is 10.4 Å². The Balaban J connectivity index is 2.18. The van der Waals surface area contributed by atoms with E-state index in [1.165, 1.54) is 7.11 Å². The molecule has 4 heteroatoms. The second-order valence-corrected chi connectivity index (χ2v) is 4.93. The summed E-state index contributed by atoms with van der Waals surface area (Å²) in [5, 5.41) is 2.70. The number of rotatable bonds is 3. The summed E-state index contributed by atoms with van der Waals surface area (Å²) in [5.41, 5.74) is 2.09. The standard InChI is InChI=1S/C13H11ClO2S/c1-16-13(15)7-9-6-12(17-8-9)10-2-4-11(14)5-3-10/h2-6,8H,7H2,1H3. The predicted octanol–water partition coefficient (Wildman–Crippen LogP) is 3.78. The van der Waals surface area contributed by atoms with Crippen molar-refractivity contribution in [3.63, 3.8) is 0 Å². The Morgan fingerprint density at radius 1 is 1.35 bits per heavy atom. The molecule has 0 unspecified atom stereocenters. The van der Waals surface area contributed by atoms with Crippen LogP contribution in [0.4, 0.5) is 0 Å². The Morgan fingerprint density at radius 3 is 2.71 bits per heavy atom. The molecule has 1 aromatic heterocycles. The van der Waals surface area contributed by atoms with Gasteiger partial charge in [-0.05, 0) is 34.7 Å². The van der Waals surface area contributed by atoms with Gasteiger partial charge in [0, 0.05) is 9.90 Å². The van der Waals surface area contributed by atoms with Gasteiger partial charge in [0.2, 0.25) is 0 Å². The van der Waals surface area contributed by atoms with Crippen LogP contribution in [0, 0.1) is 0 Å². The van der Waals surface area contributed by atoms with Gasteiger partial charge < -0.3 is 4.74 Å². The fourth-order valence-corrected chi connectivity index (χ4v) is 2.52. The second-order valence-electron chi connectivity index (χ2n) is 3.58. The van der Waals surface area contributed by atoms with Crippen LogP contribution in [0.2, 0.25) is 5.02 Å². The molecule has 0 saturated carbocycles. The summed E-state index contributed by atoms with van der Waals surface area (Å²) in [4.78, 5) is 12.3. The average Bonchev–Trinajstić information content (AvgIpc) is 2.78. The first-order valence-electron chi connectivity index (χ1n) is 5.09. The zero-order valence-corrected chi connectivity index (χ0v) is 10.8. The highest BCUT2D eigenvalue weighted by molar-refractivity contribution is 7.13. The molecular formula is C13H11ClO2S. The maximum Gasteiger partial charge on any atom is 0.310 e. The fourth-order valence-electron chi connectivity index (χ4n) is 1.47. The number of carbonyl (C=O) groups excluding carboxylic acids is 1. The third kappa shape index (κ3) is 3.08. The topological polar surface area (TPSA) is 26.3 Å². The summed E-state index contributed by atoms with van der Waals surface area (Å²) in [5.74, 6) is -0.217. The second kappa shape index (κ2) is 5.34. The van der Waals surface area contributed by atoms with Crippen LogP contribution in [0.15, 0.2) is 35.7 Å². The van der Waals surface area contributed by atoms with E-state index in [1.54, 1.807) is 11.3 Å². The number of thiophene rings is 1. The van der Waals surface area contributed by atoms with E-state index in [0.29, 0.717) is 6.42 Å². The number of methoxy groups -OCH3 is 1. The van der Waals surface area contributed by atoms with Crippen LogP contribution in [-0.4, -0.2) is 13.1 Å². The van der Waals surface area contributed by atoms with Crippen LogP contribution in [-0.2, 0) is 16.0 Å². The third-order valence-corrected chi connectivity index (χ3v) is 3.64. The van der Waals surface area contributed by atoms with E-state index >= 15 is 0 Å². The lowest BCUT2D eigenvalue weighted by Crippen LogP contribution is -2.03. The number of hydrogen-bond donors (Lipinski definition) is 0. The average molecular weight is 267 g/mol. The molecule has 0 fully saturated rings. The summed E-state index contributed by atoms with van der Waals surface area (Å²) in [6.45, 7) is 0. The monoisotopic (exact) mass is 266 g/mol. The van der Waals surface area contributed by atoms with Crippen molar-refractivity contribution in [2.75, 3.05) is 7.11 Å². The van der Waals surface area contributed by atoms with E-state index in [1.807, 2.05) is 35.7 Å². The third-order valence-electron chi connectivity index (χ3n) is 2.36. The molecular weight excluding hydrogens is 256 g/mol. The molecule has 1 heterocycles. The Labute approximate surface area is 109 Å². The first kappa shape index (κ1) is 12.1. The SMILES string of the molecule is COC(=O)Cc1csc(-c2ccc(Cl)cc2)c1. The number of halogens is 1. The molecule has 88 valence electrons. The smallest absolute Gasteiger partial charge is 0.310 e. The van der Waals surface area contributed by atoms with Crippen molar-refractivity contribution in [1.29, 1.82) is 0 Å². The van der Waals surface area contributed by atoms with Crippen LogP contribution < -0.4 is 0 Å². The summed E-state index contributed by atoms with van der Waals surface area (Å²) < 4.78 is 4.63. The lowest BCUT2D eigenvalue weighted by Gasteiger charge is -1.97. The van der Waals surface area contributed by atoms with Crippen molar-refractivity contribution >= 4 is 28.9 Å². The van der Waals surface area contributed by atoms with Gasteiger partial charge in [0.25, 0.3) is 0 Å². The number of benzene rings is 1. The van der Waals surface area contributed by atoms with Gasteiger partial charge in [-0.1, -0.05) is 23.7 Å². The highest BCUT2D eigenvalue weighted by atomic mass is 35.5. The molecule has 2 aromatic rings. The normalized spacial score (nSPS) is 10.2. The van der Waals surface area contributed by atoms with Crippen molar-refractivity contribution < 1.29 is 9.53 Å². The highest BCUT2D eigenvalue weighted by Gasteiger charge is 2.07. The van der Waals surface area contributed by atoms with E-state index in [0.717, 1.165) is 21.0 Å². The van der Waals surface area contributed by atoms with Crippen molar-refractivity contribution in [2.24, 2.45) is 0 Å². The number of ether oxygens (including phenoxy) is 1. The van der Waals surface area contributed by atoms with Gasteiger partial charge in [0.1, 0.15) is 0 Å². The predicted molar refractivity (Wildman–Crippen MR) is 70.5 cm³/mol. The van der Waals surface area contributed by atoms with Gasteiger partial charge in [-0.15, -0.1) is 11.3 Å². The molecule has 2 rings (SSSR count). The molecule has 17 heavy (non-hydrogen) atoms. The number of esters is 1. The largest absolute Gasteiger partial charge is 0.469 e. The summed E-state index contributed by atoms with van der Waals surface area (Å²) in [7, 11) is 1.40. The number of carbonyl (C=O) groups is 1. The maximum atomic E-state index is 11.1. The first-order valence-corrected chi connectivity index (χ1v) is 6.35. The zero-order valence-electron chi connectivity index (χ0n) is 9.27. The molecule has 0 aliphatic carbocycles. The fraction of sp³-hybridized carbons (Fsp3) is 0.154. The van der Waals surface area contributed by atoms with E-state index in [-0.39, 0.29) is 5.97 Å². The molecule has 0 radical (unpaired) electrons. The van der Waals surface area contributed by atoms with Crippen LogP contribution in [0.5, 0.6) is 0 Å². The molecule has 0 bridgehead atoms. The summed E-state index contributed by atoms with van der Waals surface area (Å²) in [6, 6.07) is 9.66. The molecule has 1 aromatic carbocycles. The van der Waals surface area contributed by atoms with Crippen molar-refractivity contribution in [2.45, 2.75) is 6.42 Å². The molecule has 0 aliphatic rings. The van der Waals surface area contributed by atoms with Gasteiger partial charge in [-0.2, -0.15) is 0 Å². The molecule has 2 nitrogen and oxygen atoms in total. The molecule has 0 spiro atoms. The van der Waals surface area contributed by atoms with E-state index in [9.17, 15) is 4.79 Å². The molecule has 0 atom stereocenters. The Hall–Kier alpha value is -1.32. The maximum absolute atomic E-state index is 11.1. The lowest BCUT2D eigenvalue weighted by molar-refractivity contribution is -0.139. The van der Waals surface area contributed by atoms with Crippen LogP contribution in [0.3, 0.4) is 0 Å². The van der Waals surface area contributed by atoms with Gasteiger partial charge >= 0.3 is 5.97 Å². The van der Waals surface area contributed by atoms with E-state index in [4.69, 9.17) is 11.6 Å². The number of hydrogen-bond acceptors (Lipinski definition) is 3. The van der Waals surface area contributed by atoms with Crippen LogP contribution >= 0.6 is 22.9 Å². The highest BCUT2D eigenvalue weighted by Crippen LogP contribution is 2.28. The minimum atomic E-state index is -0.217. The summed E-state index contributed by atoms with van der Waals surface area (Å²) in [6.07, 6.45) is 0.320. The minimum Gasteiger partial charge on any atom is -0.469 e. The molecule has 0 N–H and O–H groups in total. The van der Waals surface area contributed by atoms with Gasteiger partial charge in [0.05, 0.1) is 13.5 Å². The Kier molecular flexibility index (Phi) is 3.82. The Morgan fingerprint density at radius 2 is 2.06 bits per heavy atom. The lowest BCUT2D eigenvalue weighted by atomic mass is 10.1. The van der Waals surface area contributed by atoms with Gasteiger partial charge in [-0.25, -0.2) is 0 Å². The molecule has 0 saturated heterocycles. The molecule has 0 aliphatic heterocycles. The van der Waals surface area contributed by atoms with E-state index in [2.05, 4.69) is 4.74 Å². The van der Waals surface area contributed by atoms with E-state index < -0.39 is 0 Å². The summed E-state index contributed by atoms with van der Waals surface area (Å²) >= 11 is 7.44. The van der Waals surface area contributed by atoms with Crippen molar-refractivity contribution in [3.05, 3.63) is 46.3 Å². The van der Waals surface area contributed by atoms with Crippen molar-refractivity contribution in [1.82, 2.24) is 0 Å². The quantitative estimate of drug-likeness (QED) is 0.790. The van der Waals surface area contributed by atoms with Crippen LogP contribution in [0.1, 0.15) is 5.56 Å². The minimum absolute atomic E-state index is 0.217. The Bertz CT molecular complexity index is 516. The zero-order chi connectivity index (χ0) is 12.3. The van der Waals surface area contributed by atoms with Crippen molar-refractivity contribution in [3.8, 4) is 10.4 Å². The molecule has 0 amide bonds. The van der Waals surface area contributed by atoms with Gasteiger partial charge in [0.15, 0.2) is 0 Å². The first-order chi connectivity index (χ1) is 8.19. The van der Waals surface area contributed by atoms with Gasteiger partial charge in [-0.3, -0.25) is 4.79 Å².